The molecule has 2 N–H and O–H groups in total. The molecule has 8 nitrogen and oxygen atoms in total. The summed E-state index contributed by atoms with van der Waals surface area (Å²) >= 11 is 0. The lowest BCUT2D eigenvalue weighted by molar-refractivity contribution is 0.420. The molecule has 0 aliphatic carbocycles. The highest BCUT2D eigenvalue weighted by molar-refractivity contribution is 5.98. The second-order valence-electron chi connectivity index (χ2n) is 7.81. The molecular weight excluding hydrogens is 397 g/mol. The minimum Gasteiger partial charge on any atom is -0.496 e. The first-order chi connectivity index (χ1) is 15.1. The van der Waals surface area contributed by atoms with Gasteiger partial charge < -0.3 is 20.3 Å². The van der Waals surface area contributed by atoms with E-state index in [2.05, 4.69) is 30.6 Å². The van der Waals surface area contributed by atoms with Crippen LogP contribution in [0.1, 0.15) is 6.42 Å². The van der Waals surface area contributed by atoms with Crippen LogP contribution in [-0.2, 0) is 7.05 Å². The lowest BCUT2D eigenvalue weighted by Crippen LogP contribution is -2.29. The predicted molar refractivity (Wildman–Crippen MR) is 120 cm³/mol. The number of halogens is 1. The molecule has 0 radical (unpaired) electrons. The van der Waals surface area contributed by atoms with Crippen LogP contribution in [0.2, 0.25) is 0 Å². The molecule has 2 aromatic heterocycles. The number of rotatable bonds is 5. The van der Waals surface area contributed by atoms with E-state index in [-0.39, 0.29) is 5.82 Å². The van der Waals surface area contributed by atoms with Gasteiger partial charge in [-0.1, -0.05) is 0 Å². The van der Waals surface area contributed by atoms with Crippen molar-refractivity contribution >= 4 is 39.0 Å². The third-order valence-electron chi connectivity index (χ3n) is 5.81. The van der Waals surface area contributed by atoms with Gasteiger partial charge in [-0.15, -0.1) is 0 Å². The molecule has 1 saturated heterocycles. The monoisotopic (exact) mass is 421 g/mol. The summed E-state index contributed by atoms with van der Waals surface area (Å²) in [5.74, 6) is 0.846. The van der Waals surface area contributed by atoms with Crippen molar-refractivity contribution in [3.63, 3.8) is 0 Å². The highest BCUT2D eigenvalue weighted by Gasteiger charge is 2.23. The average Bonchev–Trinajstić information content (AvgIpc) is 3.39. The van der Waals surface area contributed by atoms with E-state index >= 15 is 0 Å². The number of aryl methyl sites for hydroxylation is 1. The number of fused-ring (bicyclic) bond motifs is 2. The fraction of sp³-hybridized carbons (Fsp3) is 0.318. The van der Waals surface area contributed by atoms with Crippen LogP contribution in [0.25, 0.3) is 21.8 Å². The Bertz CT molecular complexity index is 1270. The van der Waals surface area contributed by atoms with Crippen molar-refractivity contribution < 1.29 is 9.13 Å². The minimum absolute atomic E-state index is 0.341. The second kappa shape index (κ2) is 7.66. The number of hydrogen-bond donors (Lipinski definition) is 2. The van der Waals surface area contributed by atoms with Gasteiger partial charge in [0.25, 0.3) is 0 Å². The van der Waals surface area contributed by atoms with Crippen molar-refractivity contribution in [1.29, 1.82) is 0 Å². The Morgan fingerprint density at radius 1 is 1.19 bits per heavy atom. The summed E-state index contributed by atoms with van der Waals surface area (Å²) in [6.45, 7) is 1.91. The molecule has 3 heterocycles. The molecule has 0 bridgehead atoms. The number of ether oxygens (including phenoxy) is 1. The van der Waals surface area contributed by atoms with Gasteiger partial charge in [0.2, 0.25) is 0 Å². The van der Waals surface area contributed by atoms with Crippen LogP contribution in [0, 0.1) is 5.82 Å². The lowest BCUT2D eigenvalue weighted by Gasteiger charge is -2.21. The van der Waals surface area contributed by atoms with E-state index < -0.39 is 0 Å². The molecule has 5 rings (SSSR count). The Labute approximate surface area is 179 Å². The van der Waals surface area contributed by atoms with E-state index in [1.165, 1.54) is 12.4 Å². The SMILES string of the molecule is CNC1CCN(c2cc(OC)c3c(Nc4cc(F)c5nn(C)cc5c4)ncnc3c2)C1. The molecule has 160 valence electrons. The molecule has 1 atom stereocenters. The first-order valence-electron chi connectivity index (χ1n) is 10.2. The summed E-state index contributed by atoms with van der Waals surface area (Å²) in [5, 5.41) is 12.2. The number of nitrogens with one attached hydrogen (secondary N) is 2. The Balaban J connectivity index is 1.55. The Kier molecular flexibility index (Phi) is 4.82. The smallest absolute Gasteiger partial charge is 0.153 e. The van der Waals surface area contributed by atoms with E-state index in [9.17, 15) is 4.39 Å². The van der Waals surface area contributed by atoms with Crippen molar-refractivity contribution in [2.75, 3.05) is 37.5 Å². The molecule has 1 aliphatic rings. The summed E-state index contributed by atoms with van der Waals surface area (Å²) in [4.78, 5) is 11.2. The molecule has 0 saturated carbocycles. The topological polar surface area (TPSA) is 80.1 Å². The van der Waals surface area contributed by atoms with Gasteiger partial charge in [-0.2, -0.15) is 5.10 Å². The van der Waals surface area contributed by atoms with Gasteiger partial charge >= 0.3 is 0 Å². The van der Waals surface area contributed by atoms with Gasteiger partial charge in [0.1, 0.15) is 23.4 Å². The zero-order valence-electron chi connectivity index (χ0n) is 17.7. The van der Waals surface area contributed by atoms with Crippen molar-refractivity contribution in [3.8, 4) is 5.75 Å². The Hall–Kier alpha value is -3.46. The van der Waals surface area contributed by atoms with Crippen molar-refractivity contribution in [1.82, 2.24) is 25.1 Å². The largest absolute Gasteiger partial charge is 0.496 e. The molecule has 1 fully saturated rings. The maximum Gasteiger partial charge on any atom is 0.153 e. The molecule has 9 heteroatoms. The third kappa shape index (κ3) is 3.50. The highest BCUT2D eigenvalue weighted by Crippen LogP contribution is 2.37. The molecule has 0 spiro atoms. The molecule has 1 unspecified atom stereocenters. The average molecular weight is 421 g/mol. The normalized spacial score (nSPS) is 16.4. The van der Waals surface area contributed by atoms with Crippen LogP contribution in [0.15, 0.2) is 36.8 Å². The van der Waals surface area contributed by atoms with Gasteiger partial charge in [-0.25, -0.2) is 14.4 Å². The molecule has 4 aromatic rings. The minimum atomic E-state index is -0.388. The molecule has 0 amide bonds. The number of aromatic nitrogens is 4. The van der Waals surface area contributed by atoms with Crippen LogP contribution >= 0.6 is 0 Å². The Morgan fingerprint density at radius 3 is 2.84 bits per heavy atom. The maximum absolute atomic E-state index is 14.5. The number of methoxy groups -OCH3 is 1. The van der Waals surface area contributed by atoms with Gasteiger partial charge in [-0.3, -0.25) is 4.68 Å². The van der Waals surface area contributed by atoms with E-state index in [1.54, 1.807) is 25.0 Å². The first kappa shape index (κ1) is 19.5. The molecular formula is C22H24FN7O. The van der Waals surface area contributed by atoms with E-state index in [4.69, 9.17) is 4.74 Å². The second-order valence-corrected chi connectivity index (χ2v) is 7.81. The number of likely N-dealkylation sites (N-methyl/N-ethyl adjacent to an activating group) is 1. The number of hydrogen-bond acceptors (Lipinski definition) is 7. The van der Waals surface area contributed by atoms with Crippen LogP contribution in [0.4, 0.5) is 21.6 Å². The predicted octanol–water partition coefficient (Wildman–Crippen LogP) is 3.21. The highest BCUT2D eigenvalue weighted by atomic mass is 19.1. The summed E-state index contributed by atoms with van der Waals surface area (Å²) in [6.07, 6.45) is 4.38. The number of nitrogens with zero attached hydrogens (tertiary/aromatic N) is 5. The fourth-order valence-electron chi connectivity index (χ4n) is 4.23. The molecule has 2 aromatic carbocycles. The van der Waals surface area contributed by atoms with Crippen LogP contribution in [0.5, 0.6) is 5.75 Å². The van der Waals surface area contributed by atoms with Gasteiger partial charge in [0.15, 0.2) is 5.82 Å². The third-order valence-corrected chi connectivity index (χ3v) is 5.81. The van der Waals surface area contributed by atoms with Crippen LogP contribution in [-0.4, -0.2) is 53.0 Å². The lowest BCUT2D eigenvalue weighted by atomic mass is 10.1. The van der Waals surface area contributed by atoms with Crippen molar-refractivity contribution in [2.24, 2.45) is 7.05 Å². The number of anilines is 3. The number of benzene rings is 2. The van der Waals surface area contributed by atoms with Gasteiger partial charge in [-0.05, 0) is 31.7 Å². The van der Waals surface area contributed by atoms with Crippen LogP contribution < -0.4 is 20.3 Å². The molecule has 31 heavy (non-hydrogen) atoms. The van der Waals surface area contributed by atoms with Gasteiger partial charge in [0.05, 0.1) is 18.0 Å². The van der Waals surface area contributed by atoms with Crippen LogP contribution in [0.3, 0.4) is 0 Å². The maximum atomic E-state index is 14.5. The fourth-order valence-corrected chi connectivity index (χ4v) is 4.23. The summed E-state index contributed by atoms with van der Waals surface area (Å²) in [6, 6.07) is 7.81. The zero-order chi connectivity index (χ0) is 21.5. The Morgan fingerprint density at radius 2 is 2.06 bits per heavy atom. The summed E-state index contributed by atoms with van der Waals surface area (Å²) in [5.41, 5.74) is 2.76. The molecule has 1 aliphatic heterocycles. The quantitative estimate of drug-likeness (QED) is 0.512. The van der Waals surface area contributed by atoms with Crippen molar-refractivity contribution in [2.45, 2.75) is 12.5 Å². The van der Waals surface area contributed by atoms with E-state index in [0.29, 0.717) is 34.2 Å². The summed E-state index contributed by atoms with van der Waals surface area (Å²) in [7, 11) is 5.40. The summed E-state index contributed by atoms with van der Waals surface area (Å²) < 4.78 is 21.8. The van der Waals surface area contributed by atoms with Crippen molar-refractivity contribution in [3.05, 3.63) is 42.6 Å². The zero-order valence-corrected chi connectivity index (χ0v) is 17.7. The van der Waals surface area contributed by atoms with E-state index in [0.717, 1.165) is 36.1 Å². The standard InChI is InChI=1S/C22H24FN7O/c1-24-14-4-5-30(11-14)16-8-18-20(19(9-16)31-3)22(26-12-25-18)27-15-6-13-10-29(2)28-21(13)17(23)7-15/h6-10,12,14,24H,4-5,11H2,1-3H3,(H,25,26,27). The first-order valence-corrected chi connectivity index (χ1v) is 10.2. The van der Waals surface area contributed by atoms with Gasteiger partial charge in [0, 0.05) is 55.2 Å². The van der Waals surface area contributed by atoms with E-state index in [1.807, 2.05) is 25.2 Å².